The van der Waals surface area contributed by atoms with E-state index in [4.69, 9.17) is 4.74 Å². The maximum atomic E-state index is 11.2. The van der Waals surface area contributed by atoms with E-state index in [9.17, 15) is 10.1 Å². The number of rotatable bonds is 1. The minimum Gasteiger partial charge on any atom is -0.359 e. The predicted molar refractivity (Wildman–Crippen MR) is 74.7 cm³/mol. The monoisotopic (exact) mass is 263 g/mol. The lowest BCUT2D eigenvalue weighted by Crippen LogP contribution is -1.99. The molecule has 2 aliphatic rings. The summed E-state index contributed by atoms with van der Waals surface area (Å²) in [6.07, 6.45) is 0.192. The number of nitrogens with zero attached hydrogens (tertiary/aromatic N) is 1. The smallest absolute Gasteiger partial charge is 0.277 e. The number of epoxide rings is 1. The highest BCUT2D eigenvalue weighted by Gasteiger charge is 2.46. The predicted octanol–water partition coefficient (Wildman–Crippen LogP) is 4.03. The van der Waals surface area contributed by atoms with Gasteiger partial charge in [0.15, 0.2) is 0 Å². The van der Waals surface area contributed by atoms with Crippen molar-refractivity contribution < 1.29 is 9.66 Å². The van der Waals surface area contributed by atoms with Crippen molar-refractivity contribution in [3.05, 3.63) is 63.7 Å². The summed E-state index contributed by atoms with van der Waals surface area (Å²) >= 11 is 0. The highest BCUT2D eigenvalue weighted by Crippen LogP contribution is 2.59. The third-order valence-corrected chi connectivity index (χ3v) is 4.36. The molecule has 4 nitrogen and oxygen atoms in total. The Hall–Kier alpha value is -2.46. The average molecular weight is 263 g/mol. The molecule has 0 amide bonds. The number of nitro groups is 1. The van der Waals surface area contributed by atoms with Crippen molar-refractivity contribution >= 4 is 27.2 Å². The summed E-state index contributed by atoms with van der Waals surface area (Å²) < 4.78 is 5.77. The minimum atomic E-state index is -0.312. The van der Waals surface area contributed by atoms with Crippen LogP contribution in [0.4, 0.5) is 5.69 Å². The molecule has 0 aromatic heterocycles. The van der Waals surface area contributed by atoms with Gasteiger partial charge >= 0.3 is 0 Å². The molecule has 0 spiro atoms. The van der Waals surface area contributed by atoms with Crippen molar-refractivity contribution in [3.8, 4) is 0 Å². The Balaban J connectivity index is 2.09. The maximum absolute atomic E-state index is 11.2. The molecule has 2 atom stereocenters. The molecule has 3 aromatic rings. The zero-order chi connectivity index (χ0) is 13.4. The van der Waals surface area contributed by atoms with Crippen LogP contribution in [0.5, 0.6) is 0 Å². The number of hydrogen-bond acceptors (Lipinski definition) is 3. The van der Waals surface area contributed by atoms with Crippen molar-refractivity contribution in [2.24, 2.45) is 0 Å². The third-order valence-electron chi connectivity index (χ3n) is 4.36. The number of non-ortho nitro benzene ring substituents is 1. The zero-order valence-electron chi connectivity index (χ0n) is 10.4. The van der Waals surface area contributed by atoms with Gasteiger partial charge in [-0.15, -0.1) is 0 Å². The van der Waals surface area contributed by atoms with Gasteiger partial charge in [0, 0.05) is 11.5 Å². The maximum Gasteiger partial charge on any atom is 0.277 e. The second-order valence-electron chi connectivity index (χ2n) is 5.34. The van der Waals surface area contributed by atoms with E-state index < -0.39 is 0 Å². The molecule has 1 heterocycles. The molecule has 1 aliphatic heterocycles. The normalized spacial score (nSPS) is 22.2. The van der Waals surface area contributed by atoms with E-state index >= 15 is 0 Å². The molecule has 0 unspecified atom stereocenters. The van der Waals surface area contributed by atoms with Gasteiger partial charge in [0.25, 0.3) is 5.69 Å². The topological polar surface area (TPSA) is 55.7 Å². The molecule has 1 saturated heterocycles. The fourth-order valence-electron chi connectivity index (χ4n) is 3.48. The number of nitro benzene ring substituents is 1. The van der Waals surface area contributed by atoms with Gasteiger partial charge in [-0.1, -0.05) is 24.3 Å². The summed E-state index contributed by atoms with van der Waals surface area (Å²) in [5.74, 6) is 0. The highest BCUT2D eigenvalue weighted by atomic mass is 16.6. The van der Waals surface area contributed by atoms with Crippen molar-refractivity contribution in [1.82, 2.24) is 0 Å². The van der Waals surface area contributed by atoms with Crippen molar-refractivity contribution in [2.75, 3.05) is 0 Å². The Labute approximate surface area is 113 Å². The summed E-state index contributed by atoms with van der Waals surface area (Å²) in [5, 5.41) is 15.2. The van der Waals surface area contributed by atoms with Crippen LogP contribution in [0.2, 0.25) is 0 Å². The van der Waals surface area contributed by atoms with Crippen LogP contribution in [-0.2, 0) is 4.74 Å². The van der Waals surface area contributed by atoms with Crippen LogP contribution in [0.25, 0.3) is 21.5 Å². The second-order valence-corrected chi connectivity index (χ2v) is 5.34. The molecule has 0 N–H and O–H groups in total. The van der Waals surface area contributed by atoms with Gasteiger partial charge in [-0.25, -0.2) is 0 Å². The molecule has 5 rings (SSSR count). The first-order valence-corrected chi connectivity index (χ1v) is 6.54. The van der Waals surface area contributed by atoms with Crippen molar-refractivity contribution in [3.63, 3.8) is 0 Å². The lowest BCUT2D eigenvalue weighted by Gasteiger charge is -2.15. The number of fused-ring (bicyclic) bond motifs is 3. The van der Waals surface area contributed by atoms with E-state index in [0.29, 0.717) is 5.39 Å². The van der Waals surface area contributed by atoms with E-state index in [1.165, 1.54) is 0 Å². The lowest BCUT2D eigenvalue weighted by atomic mass is 9.86. The fraction of sp³-hybridized carbons (Fsp3) is 0.125. The van der Waals surface area contributed by atoms with Gasteiger partial charge in [0.05, 0.1) is 10.3 Å². The van der Waals surface area contributed by atoms with Crippen molar-refractivity contribution in [2.45, 2.75) is 12.2 Å². The van der Waals surface area contributed by atoms with Gasteiger partial charge in [-0.2, -0.15) is 0 Å². The lowest BCUT2D eigenvalue weighted by molar-refractivity contribution is -0.383. The van der Waals surface area contributed by atoms with Crippen LogP contribution in [0, 0.1) is 10.1 Å². The molecule has 96 valence electrons. The Bertz CT molecular complexity index is 932. The Morgan fingerprint density at radius 1 is 0.950 bits per heavy atom. The molecule has 0 radical (unpaired) electrons. The van der Waals surface area contributed by atoms with Crippen LogP contribution in [0.15, 0.2) is 42.5 Å². The number of hydrogen-bond donors (Lipinski definition) is 0. The first kappa shape index (κ1) is 10.3. The summed E-state index contributed by atoms with van der Waals surface area (Å²) in [6, 6.07) is 13.4. The van der Waals surface area contributed by atoms with E-state index in [1.807, 2.05) is 30.3 Å². The Morgan fingerprint density at radius 3 is 2.55 bits per heavy atom. The number of ether oxygens (including phenoxy) is 1. The molecule has 4 heteroatoms. The summed E-state index contributed by atoms with van der Waals surface area (Å²) in [6.45, 7) is 0. The molecule has 0 saturated carbocycles. The van der Waals surface area contributed by atoms with E-state index in [2.05, 4.69) is 6.07 Å². The van der Waals surface area contributed by atoms with Crippen LogP contribution >= 0.6 is 0 Å². The SMILES string of the molecule is O=[N+]([O-])c1ccc2c3c1ccc1cccc(c13)[C@@H]1O[C@H]21. The van der Waals surface area contributed by atoms with Crippen LogP contribution in [0.3, 0.4) is 0 Å². The summed E-state index contributed by atoms with van der Waals surface area (Å²) in [4.78, 5) is 10.9. The van der Waals surface area contributed by atoms with Gasteiger partial charge in [-0.3, -0.25) is 10.1 Å². The Morgan fingerprint density at radius 2 is 1.75 bits per heavy atom. The average Bonchev–Trinajstić information content (AvgIpc) is 3.25. The molecule has 20 heavy (non-hydrogen) atoms. The van der Waals surface area contributed by atoms with Gasteiger partial charge in [-0.05, 0) is 34.0 Å². The molecule has 3 aromatic carbocycles. The molecule has 1 fully saturated rings. The zero-order valence-corrected chi connectivity index (χ0v) is 10.4. The third kappa shape index (κ3) is 1.07. The number of benzene rings is 3. The standard InChI is InChI=1S/C16H9NO3/c18-17(19)12-7-6-11-14-9(12)5-4-8-2-1-3-10(13(8)14)15-16(11)20-15/h1-7,15-16H/t15-,16+/m0/s1. The van der Waals surface area contributed by atoms with Gasteiger partial charge in [0.2, 0.25) is 0 Å². The molecule has 0 bridgehead atoms. The molecule has 1 aliphatic carbocycles. The van der Waals surface area contributed by atoms with E-state index in [-0.39, 0.29) is 22.8 Å². The van der Waals surface area contributed by atoms with Crippen LogP contribution in [0.1, 0.15) is 23.3 Å². The molecular weight excluding hydrogens is 254 g/mol. The highest BCUT2D eigenvalue weighted by molar-refractivity contribution is 6.14. The quantitative estimate of drug-likeness (QED) is 0.288. The fourth-order valence-corrected chi connectivity index (χ4v) is 3.48. The largest absolute Gasteiger partial charge is 0.359 e. The minimum absolute atomic E-state index is 0.0683. The van der Waals surface area contributed by atoms with Crippen LogP contribution < -0.4 is 0 Å². The van der Waals surface area contributed by atoms with Gasteiger partial charge < -0.3 is 4.74 Å². The molecular formula is C16H9NO3. The van der Waals surface area contributed by atoms with E-state index in [1.54, 1.807) is 6.07 Å². The summed E-state index contributed by atoms with van der Waals surface area (Å²) in [7, 11) is 0. The second kappa shape index (κ2) is 3.16. The van der Waals surface area contributed by atoms with Gasteiger partial charge in [0.1, 0.15) is 12.2 Å². The van der Waals surface area contributed by atoms with E-state index in [0.717, 1.165) is 27.3 Å². The summed E-state index contributed by atoms with van der Waals surface area (Å²) in [5.41, 5.74) is 2.41. The first-order valence-electron chi connectivity index (χ1n) is 6.54. The van der Waals surface area contributed by atoms with Crippen LogP contribution in [-0.4, -0.2) is 4.92 Å². The Kier molecular flexibility index (Phi) is 1.64. The van der Waals surface area contributed by atoms with Crippen molar-refractivity contribution in [1.29, 1.82) is 0 Å². The first-order chi connectivity index (χ1) is 9.75.